The van der Waals surface area contributed by atoms with Crippen LogP contribution in [0.25, 0.3) is 0 Å². The average Bonchev–Trinajstić information content (AvgIpc) is 2.13. The highest BCUT2D eigenvalue weighted by Crippen LogP contribution is 2.56. The topological polar surface area (TPSA) is 55.1 Å². The van der Waals surface area contributed by atoms with Crippen molar-refractivity contribution in [3.8, 4) is 0 Å². The first-order chi connectivity index (χ1) is 7.58. The molecule has 16 heavy (non-hydrogen) atoms. The largest absolute Gasteiger partial charge is 0.396 e. The molecule has 1 aromatic carbocycles. The first-order valence-electron chi connectivity index (χ1n) is 5.46. The Morgan fingerprint density at radius 1 is 1.44 bits per heavy atom. The van der Waals surface area contributed by atoms with Gasteiger partial charge in [-0.05, 0) is 43.4 Å². The van der Waals surface area contributed by atoms with Gasteiger partial charge >= 0.3 is 0 Å². The number of benzene rings is 1. The van der Waals surface area contributed by atoms with Gasteiger partial charge in [0.25, 0.3) is 5.91 Å². The summed E-state index contributed by atoms with van der Waals surface area (Å²) in [5, 5.41) is 3.00. The van der Waals surface area contributed by atoms with Gasteiger partial charge in [0.05, 0.1) is 5.69 Å². The highest BCUT2D eigenvalue weighted by molar-refractivity contribution is 5.95. The summed E-state index contributed by atoms with van der Waals surface area (Å²) >= 11 is 0. The molecule has 4 heteroatoms. The van der Waals surface area contributed by atoms with E-state index >= 15 is 0 Å². The molecule has 0 aliphatic heterocycles. The summed E-state index contributed by atoms with van der Waals surface area (Å²) in [5.41, 5.74) is 5.92. The van der Waals surface area contributed by atoms with E-state index in [9.17, 15) is 9.18 Å². The number of amides is 1. The molecule has 3 saturated carbocycles. The van der Waals surface area contributed by atoms with Crippen molar-refractivity contribution in [1.29, 1.82) is 0 Å². The van der Waals surface area contributed by atoms with Crippen LogP contribution in [0.4, 0.5) is 10.1 Å². The van der Waals surface area contributed by atoms with Gasteiger partial charge in [-0.25, -0.2) is 4.39 Å². The Balaban J connectivity index is 1.75. The van der Waals surface area contributed by atoms with Crippen molar-refractivity contribution in [2.75, 3.05) is 5.73 Å². The van der Waals surface area contributed by atoms with Crippen LogP contribution in [-0.2, 0) is 0 Å². The molecule has 3 fully saturated rings. The van der Waals surface area contributed by atoms with Crippen LogP contribution in [0.2, 0.25) is 0 Å². The molecule has 0 unspecified atom stereocenters. The molecule has 4 rings (SSSR count). The third kappa shape index (κ3) is 1.29. The summed E-state index contributed by atoms with van der Waals surface area (Å²) in [6.07, 6.45) is 3.28. The lowest BCUT2D eigenvalue weighted by Crippen LogP contribution is -2.68. The summed E-state index contributed by atoms with van der Waals surface area (Å²) in [6.45, 7) is 0. The van der Waals surface area contributed by atoms with E-state index in [2.05, 4.69) is 5.32 Å². The second-order valence-corrected chi connectivity index (χ2v) is 4.95. The van der Waals surface area contributed by atoms with Crippen molar-refractivity contribution in [1.82, 2.24) is 5.32 Å². The minimum Gasteiger partial charge on any atom is -0.396 e. The molecule has 0 radical (unpaired) electrons. The van der Waals surface area contributed by atoms with Crippen molar-refractivity contribution in [2.45, 2.75) is 24.8 Å². The minimum absolute atomic E-state index is 0.0187. The maximum atomic E-state index is 12.9. The lowest BCUT2D eigenvalue weighted by atomic mass is 9.50. The SMILES string of the molecule is Nc1cc(C(=O)NC23CC(C2)C3)ccc1F. The first kappa shape index (κ1) is 9.63. The molecule has 3 N–H and O–H groups in total. The zero-order valence-electron chi connectivity index (χ0n) is 8.79. The smallest absolute Gasteiger partial charge is 0.251 e. The summed E-state index contributed by atoms with van der Waals surface area (Å²) < 4.78 is 12.9. The third-order valence-electron chi connectivity index (χ3n) is 3.68. The fourth-order valence-electron chi connectivity index (χ4n) is 2.63. The van der Waals surface area contributed by atoms with Gasteiger partial charge in [-0.2, -0.15) is 0 Å². The second-order valence-electron chi connectivity index (χ2n) is 4.95. The fourth-order valence-corrected chi connectivity index (χ4v) is 2.63. The average molecular weight is 220 g/mol. The minimum atomic E-state index is -0.484. The van der Waals surface area contributed by atoms with Crippen LogP contribution >= 0.6 is 0 Å². The number of nitrogen functional groups attached to an aromatic ring is 1. The summed E-state index contributed by atoms with van der Waals surface area (Å²) in [7, 11) is 0. The highest BCUT2D eigenvalue weighted by Gasteiger charge is 2.57. The number of nitrogens with two attached hydrogens (primary N) is 1. The van der Waals surface area contributed by atoms with Crippen molar-refractivity contribution in [3.63, 3.8) is 0 Å². The lowest BCUT2D eigenvalue weighted by Gasteiger charge is -2.61. The summed E-state index contributed by atoms with van der Waals surface area (Å²) in [5.74, 6) is 0.186. The molecule has 1 aromatic rings. The molecule has 0 saturated heterocycles. The van der Waals surface area contributed by atoms with Crippen LogP contribution in [0.3, 0.4) is 0 Å². The van der Waals surface area contributed by atoms with Crippen LogP contribution in [0, 0.1) is 11.7 Å². The van der Waals surface area contributed by atoms with Gasteiger partial charge in [0.2, 0.25) is 0 Å². The van der Waals surface area contributed by atoms with Crippen LogP contribution in [0.1, 0.15) is 29.6 Å². The van der Waals surface area contributed by atoms with Crippen molar-refractivity contribution >= 4 is 11.6 Å². The van der Waals surface area contributed by atoms with E-state index in [-0.39, 0.29) is 17.1 Å². The zero-order chi connectivity index (χ0) is 11.3. The normalized spacial score (nSPS) is 30.2. The number of anilines is 1. The molecule has 1 amide bonds. The maximum absolute atomic E-state index is 12.9. The quantitative estimate of drug-likeness (QED) is 0.745. The molecule has 0 atom stereocenters. The Kier molecular flexibility index (Phi) is 1.79. The van der Waals surface area contributed by atoms with Crippen molar-refractivity contribution < 1.29 is 9.18 Å². The molecular formula is C12H13FN2O. The van der Waals surface area contributed by atoms with E-state index in [1.165, 1.54) is 18.2 Å². The van der Waals surface area contributed by atoms with E-state index in [0.717, 1.165) is 25.2 Å². The fraction of sp³-hybridized carbons (Fsp3) is 0.417. The third-order valence-corrected chi connectivity index (χ3v) is 3.68. The van der Waals surface area contributed by atoms with E-state index in [1.807, 2.05) is 0 Å². The molecule has 3 nitrogen and oxygen atoms in total. The van der Waals surface area contributed by atoms with Gasteiger partial charge < -0.3 is 11.1 Å². The molecule has 3 aliphatic carbocycles. The monoisotopic (exact) mass is 220 g/mol. The van der Waals surface area contributed by atoms with Gasteiger partial charge in [-0.3, -0.25) is 4.79 Å². The number of hydrogen-bond acceptors (Lipinski definition) is 2. The Morgan fingerprint density at radius 3 is 2.62 bits per heavy atom. The second kappa shape index (κ2) is 2.97. The van der Waals surface area contributed by atoms with E-state index in [1.54, 1.807) is 0 Å². The lowest BCUT2D eigenvalue weighted by molar-refractivity contribution is -0.0438. The number of carbonyl (C=O) groups excluding carboxylic acids is 1. The number of nitrogens with one attached hydrogen (secondary N) is 1. The van der Waals surface area contributed by atoms with Gasteiger partial charge in [0.1, 0.15) is 5.82 Å². The summed E-state index contributed by atoms with van der Waals surface area (Å²) in [4.78, 5) is 11.9. The van der Waals surface area contributed by atoms with Crippen LogP contribution in [0.5, 0.6) is 0 Å². The Labute approximate surface area is 92.8 Å². The molecule has 0 aromatic heterocycles. The van der Waals surface area contributed by atoms with Crippen LogP contribution in [-0.4, -0.2) is 11.4 Å². The molecule has 3 aliphatic rings. The number of halogens is 1. The maximum Gasteiger partial charge on any atom is 0.251 e. The van der Waals surface area contributed by atoms with Crippen LogP contribution in [0.15, 0.2) is 18.2 Å². The van der Waals surface area contributed by atoms with E-state index in [4.69, 9.17) is 5.73 Å². The molecule has 2 bridgehead atoms. The molecule has 84 valence electrons. The van der Waals surface area contributed by atoms with E-state index < -0.39 is 5.82 Å². The summed E-state index contributed by atoms with van der Waals surface area (Å²) in [6, 6.07) is 4.08. The van der Waals surface area contributed by atoms with Gasteiger partial charge in [0.15, 0.2) is 0 Å². The van der Waals surface area contributed by atoms with Crippen molar-refractivity contribution in [2.24, 2.45) is 5.92 Å². The molecule has 0 spiro atoms. The van der Waals surface area contributed by atoms with Gasteiger partial charge in [-0.15, -0.1) is 0 Å². The molecule has 0 heterocycles. The van der Waals surface area contributed by atoms with E-state index in [0.29, 0.717) is 5.56 Å². The number of rotatable bonds is 2. The number of carbonyl (C=O) groups is 1. The Bertz CT molecular complexity index is 455. The Hall–Kier alpha value is -1.58. The zero-order valence-corrected chi connectivity index (χ0v) is 8.79. The van der Waals surface area contributed by atoms with Gasteiger partial charge in [0, 0.05) is 11.1 Å². The first-order valence-corrected chi connectivity index (χ1v) is 5.46. The van der Waals surface area contributed by atoms with Crippen molar-refractivity contribution in [3.05, 3.63) is 29.6 Å². The number of hydrogen-bond donors (Lipinski definition) is 2. The predicted molar refractivity (Wildman–Crippen MR) is 58.4 cm³/mol. The van der Waals surface area contributed by atoms with Gasteiger partial charge in [-0.1, -0.05) is 0 Å². The highest BCUT2D eigenvalue weighted by atomic mass is 19.1. The van der Waals surface area contributed by atoms with Crippen LogP contribution < -0.4 is 11.1 Å². The predicted octanol–water partition coefficient (Wildman–Crippen LogP) is 1.69. The Morgan fingerprint density at radius 2 is 2.12 bits per heavy atom. The standard InChI is InChI=1S/C12H13FN2O/c13-9-2-1-8(3-10(9)14)11(16)15-12-4-7(5-12)6-12/h1-3,7H,4-6,14H2,(H,15,16). The molecular weight excluding hydrogens is 207 g/mol.